The minimum absolute atomic E-state index is 0.159. The number of carbonyl (C=O) groups excluding carboxylic acids is 3. The Labute approximate surface area is 227 Å². The first kappa shape index (κ1) is 26.2. The predicted molar refractivity (Wildman–Crippen MR) is 147 cm³/mol. The van der Waals surface area contributed by atoms with Gasteiger partial charge in [0.15, 0.2) is 0 Å². The van der Waals surface area contributed by atoms with Gasteiger partial charge in [-0.25, -0.2) is 0 Å². The van der Waals surface area contributed by atoms with Crippen LogP contribution < -0.4 is 10.1 Å². The molecule has 0 spiro atoms. The van der Waals surface area contributed by atoms with Crippen molar-refractivity contribution in [3.8, 4) is 11.8 Å². The molecule has 0 atom stereocenters. The summed E-state index contributed by atoms with van der Waals surface area (Å²) < 4.78 is 6.73. The van der Waals surface area contributed by atoms with Crippen molar-refractivity contribution in [2.75, 3.05) is 11.9 Å². The molecule has 1 aliphatic rings. The molecule has 1 N–H and O–H groups in total. The van der Waals surface area contributed by atoms with Gasteiger partial charge in [0.25, 0.3) is 11.1 Å². The first-order chi connectivity index (χ1) is 17.7. The van der Waals surface area contributed by atoms with Gasteiger partial charge in [0.05, 0.1) is 16.5 Å². The van der Waals surface area contributed by atoms with Crippen molar-refractivity contribution in [3.63, 3.8) is 0 Å². The molecule has 186 valence electrons. The SMILES string of the molecule is Cc1ccc(NC(=O)CN2C(=O)S/C(=C/c3cc(Br)ccc3OCc3ccccc3C#N)C2=O)cc1C. The molecule has 3 amide bonds. The number of carbonyl (C=O) groups is 3. The molecule has 0 bridgehead atoms. The van der Waals surface area contributed by atoms with Gasteiger partial charge in [0, 0.05) is 21.3 Å². The second-order valence-corrected chi connectivity index (χ2v) is 10.3. The van der Waals surface area contributed by atoms with Crippen LogP contribution in [0.5, 0.6) is 5.75 Å². The largest absolute Gasteiger partial charge is 0.488 e. The third-order valence-electron chi connectivity index (χ3n) is 5.75. The molecule has 0 unspecified atom stereocenters. The zero-order chi connectivity index (χ0) is 26.5. The number of nitrogens with one attached hydrogen (secondary N) is 1. The number of hydrogen-bond donors (Lipinski definition) is 1. The summed E-state index contributed by atoms with van der Waals surface area (Å²) in [5, 5.41) is 11.5. The van der Waals surface area contributed by atoms with Gasteiger partial charge in [0.1, 0.15) is 18.9 Å². The number of aryl methyl sites for hydroxylation is 2. The minimum Gasteiger partial charge on any atom is -0.488 e. The number of amides is 3. The number of halogens is 1. The quantitative estimate of drug-likeness (QED) is 0.337. The highest BCUT2D eigenvalue weighted by molar-refractivity contribution is 9.10. The fraction of sp³-hybridized carbons (Fsp3) is 0.143. The minimum atomic E-state index is -0.550. The maximum atomic E-state index is 13.0. The van der Waals surface area contributed by atoms with E-state index in [0.29, 0.717) is 22.6 Å². The molecule has 0 aromatic heterocycles. The summed E-state index contributed by atoms with van der Waals surface area (Å²) in [5.41, 5.74) is 4.54. The summed E-state index contributed by atoms with van der Waals surface area (Å²) in [6.07, 6.45) is 1.57. The Kier molecular flexibility index (Phi) is 8.11. The van der Waals surface area contributed by atoms with Gasteiger partial charge < -0.3 is 10.1 Å². The highest BCUT2D eigenvalue weighted by Crippen LogP contribution is 2.35. The molecule has 1 heterocycles. The van der Waals surface area contributed by atoms with E-state index in [1.807, 2.05) is 38.1 Å². The van der Waals surface area contributed by atoms with E-state index in [2.05, 4.69) is 27.3 Å². The summed E-state index contributed by atoms with van der Waals surface area (Å²) in [4.78, 5) is 39.3. The summed E-state index contributed by atoms with van der Waals surface area (Å²) in [5.74, 6) is -0.532. The van der Waals surface area contributed by atoms with E-state index in [9.17, 15) is 19.6 Å². The van der Waals surface area contributed by atoms with Crippen LogP contribution in [0.2, 0.25) is 0 Å². The zero-order valence-corrected chi connectivity index (χ0v) is 22.5. The van der Waals surface area contributed by atoms with E-state index in [1.165, 1.54) is 0 Å². The van der Waals surface area contributed by atoms with E-state index in [0.717, 1.165) is 37.8 Å². The average molecular weight is 576 g/mol. The van der Waals surface area contributed by atoms with Gasteiger partial charge in [-0.3, -0.25) is 19.3 Å². The van der Waals surface area contributed by atoms with E-state index in [4.69, 9.17) is 4.74 Å². The normalized spacial score (nSPS) is 14.1. The van der Waals surface area contributed by atoms with Crippen LogP contribution in [0.3, 0.4) is 0 Å². The molecule has 1 fully saturated rings. The van der Waals surface area contributed by atoms with Crippen LogP contribution >= 0.6 is 27.7 Å². The van der Waals surface area contributed by atoms with E-state index in [-0.39, 0.29) is 18.1 Å². The lowest BCUT2D eigenvalue weighted by Gasteiger charge is -2.13. The van der Waals surface area contributed by atoms with Crippen molar-refractivity contribution in [1.29, 1.82) is 5.26 Å². The number of nitrogens with zero attached hydrogens (tertiary/aromatic N) is 2. The van der Waals surface area contributed by atoms with Gasteiger partial charge in [-0.05, 0) is 79.2 Å². The second-order valence-electron chi connectivity index (χ2n) is 8.35. The summed E-state index contributed by atoms with van der Waals surface area (Å²) in [6.45, 7) is 3.68. The van der Waals surface area contributed by atoms with E-state index < -0.39 is 17.1 Å². The molecule has 7 nitrogen and oxygen atoms in total. The van der Waals surface area contributed by atoms with Crippen LogP contribution in [0.1, 0.15) is 27.8 Å². The second kappa shape index (κ2) is 11.5. The summed E-state index contributed by atoms with van der Waals surface area (Å²) in [7, 11) is 0. The molecule has 3 aromatic rings. The number of nitriles is 1. The van der Waals surface area contributed by atoms with Crippen molar-refractivity contribution in [2.24, 2.45) is 0 Å². The van der Waals surface area contributed by atoms with Crippen LogP contribution in [0, 0.1) is 25.2 Å². The maximum absolute atomic E-state index is 13.0. The molecule has 4 rings (SSSR count). The van der Waals surface area contributed by atoms with Crippen molar-refractivity contribution >= 4 is 56.5 Å². The monoisotopic (exact) mass is 575 g/mol. The molecule has 0 radical (unpaired) electrons. The van der Waals surface area contributed by atoms with Gasteiger partial charge in [-0.2, -0.15) is 5.26 Å². The van der Waals surface area contributed by atoms with Gasteiger partial charge in [-0.15, -0.1) is 0 Å². The third kappa shape index (κ3) is 6.28. The first-order valence-electron chi connectivity index (χ1n) is 11.3. The van der Waals surface area contributed by atoms with Crippen molar-refractivity contribution < 1.29 is 19.1 Å². The number of benzene rings is 3. The fourth-order valence-corrected chi connectivity index (χ4v) is 4.82. The van der Waals surface area contributed by atoms with Crippen molar-refractivity contribution in [1.82, 2.24) is 4.90 Å². The Hall–Kier alpha value is -3.87. The van der Waals surface area contributed by atoms with Crippen LogP contribution in [-0.2, 0) is 16.2 Å². The summed E-state index contributed by atoms with van der Waals surface area (Å²) >= 11 is 4.20. The van der Waals surface area contributed by atoms with E-state index >= 15 is 0 Å². The van der Waals surface area contributed by atoms with Crippen LogP contribution in [-0.4, -0.2) is 28.5 Å². The number of imide groups is 1. The third-order valence-corrected chi connectivity index (χ3v) is 7.15. The lowest BCUT2D eigenvalue weighted by molar-refractivity contribution is -0.127. The average Bonchev–Trinajstić information content (AvgIpc) is 3.13. The Morgan fingerprint density at radius 1 is 1.11 bits per heavy atom. The number of rotatable bonds is 7. The lowest BCUT2D eigenvalue weighted by atomic mass is 10.1. The molecule has 37 heavy (non-hydrogen) atoms. The summed E-state index contributed by atoms with van der Waals surface area (Å²) in [6, 6.07) is 20.1. The van der Waals surface area contributed by atoms with Gasteiger partial charge in [0.2, 0.25) is 5.91 Å². The number of ether oxygens (including phenoxy) is 1. The topological polar surface area (TPSA) is 99.5 Å². The van der Waals surface area contributed by atoms with Crippen LogP contribution in [0.25, 0.3) is 6.08 Å². The smallest absolute Gasteiger partial charge is 0.294 e. The van der Waals surface area contributed by atoms with Gasteiger partial charge in [-0.1, -0.05) is 40.2 Å². The molecular weight excluding hydrogens is 554 g/mol. The molecule has 1 saturated heterocycles. The van der Waals surface area contributed by atoms with Gasteiger partial charge >= 0.3 is 0 Å². The molecule has 9 heteroatoms. The lowest BCUT2D eigenvalue weighted by Crippen LogP contribution is -2.36. The standard InChI is InChI=1S/C28H22BrN3O4S/c1-17-7-9-23(11-18(17)2)31-26(33)15-32-27(34)25(37-28(32)35)13-21-12-22(29)8-10-24(21)36-16-20-6-4-3-5-19(20)14-30/h3-13H,15-16H2,1-2H3,(H,31,33)/b25-13+. The molecule has 1 aliphatic heterocycles. The van der Waals surface area contributed by atoms with Crippen LogP contribution in [0.4, 0.5) is 10.5 Å². The number of anilines is 1. The molecule has 0 saturated carbocycles. The van der Waals surface area contributed by atoms with Crippen LogP contribution in [0.15, 0.2) is 70.0 Å². The highest BCUT2D eigenvalue weighted by Gasteiger charge is 2.36. The molecule has 0 aliphatic carbocycles. The Morgan fingerprint density at radius 3 is 2.65 bits per heavy atom. The van der Waals surface area contributed by atoms with Crippen molar-refractivity contribution in [2.45, 2.75) is 20.5 Å². The fourth-order valence-electron chi connectivity index (χ4n) is 3.62. The first-order valence-corrected chi connectivity index (χ1v) is 12.9. The van der Waals surface area contributed by atoms with E-state index in [1.54, 1.807) is 42.5 Å². The Bertz CT molecular complexity index is 1480. The number of thioether (sulfide) groups is 1. The van der Waals surface area contributed by atoms with Crippen molar-refractivity contribution in [3.05, 3.63) is 97.9 Å². The molecular formula is C28H22BrN3O4S. The zero-order valence-electron chi connectivity index (χ0n) is 20.1. The number of hydrogen-bond acceptors (Lipinski definition) is 6. The Morgan fingerprint density at radius 2 is 1.89 bits per heavy atom. The Balaban J connectivity index is 1.49. The maximum Gasteiger partial charge on any atom is 0.294 e. The highest BCUT2D eigenvalue weighted by atomic mass is 79.9. The predicted octanol–water partition coefficient (Wildman–Crippen LogP) is 6.19. The molecule has 3 aromatic carbocycles.